The van der Waals surface area contributed by atoms with Crippen molar-refractivity contribution in [1.82, 2.24) is 0 Å². The van der Waals surface area contributed by atoms with Crippen molar-refractivity contribution in [2.45, 2.75) is 17.9 Å². The first-order chi connectivity index (χ1) is 6.94. The van der Waals surface area contributed by atoms with Gasteiger partial charge < -0.3 is 24.4 Å². The summed E-state index contributed by atoms with van der Waals surface area (Å²) in [6, 6.07) is 0. The molecule has 8 nitrogen and oxygen atoms in total. The molecule has 0 spiro atoms. The topological polar surface area (TPSA) is 128 Å². The fourth-order valence-electron chi connectivity index (χ4n) is 1.85. The fourth-order valence-corrected chi connectivity index (χ4v) is 1.85. The van der Waals surface area contributed by atoms with Gasteiger partial charge in [0.2, 0.25) is 0 Å². The normalized spacial score (nSPS) is 41.8. The molecule has 0 aromatic carbocycles. The van der Waals surface area contributed by atoms with Gasteiger partial charge in [0.15, 0.2) is 5.72 Å². The lowest BCUT2D eigenvalue weighted by Crippen LogP contribution is -2.49. The minimum absolute atomic E-state index is 0.0892. The van der Waals surface area contributed by atoms with Crippen molar-refractivity contribution in [1.29, 1.82) is 0 Å². The summed E-state index contributed by atoms with van der Waals surface area (Å²) in [5, 5.41) is 16.8. The van der Waals surface area contributed by atoms with Gasteiger partial charge in [-0.2, -0.15) is 0 Å². The molecule has 2 rings (SSSR count). The lowest BCUT2D eigenvalue weighted by Gasteiger charge is -2.23. The number of ether oxygens (including phenoxy) is 3. The van der Waals surface area contributed by atoms with Crippen molar-refractivity contribution >= 4 is 12.3 Å². The van der Waals surface area contributed by atoms with E-state index in [1.807, 2.05) is 0 Å². The highest BCUT2D eigenvalue weighted by atomic mass is 16.7. The summed E-state index contributed by atoms with van der Waals surface area (Å²) >= 11 is 0. The molecule has 0 radical (unpaired) electrons. The average molecular weight is 219 g/mol. The third-order valence-electron chi connectivity index (χ3n) is 2.47. The number of hydrogen-bond acceptors (Lipinski definition) is 6. The molecule has 4 atom stereocenters. The molecule has 2 fully saturated rings. The van der Waals surface area contributed by atoms with Crippen molar-refractivity contribution in [3.8, 4) is 0 Å². The van der Waals surface area contributed by atoms with Gasteiger partial charge in [-0.3, -0.25) is 5.73 Å². The van der Waals surface area contributed by atoms with Gasteiger partial charge in [-0.1, -0.05) is 0 Å². The predicted octanol–water partition coefficient (Wildman–Crippen LogP) is -0.572. The van der Waals surface area contributed by atoms with Crippen LogP contribution in [-0.4, -0.2) is 47.1 Å². The van der Waals surface area contributed by atoms with Gasteiger partial charge in [0.1, 0.15) is 18.8 Å². The van der Waals surface area contributed by atoms with E-state index >= 15 is 0 Å². The molecule has 2 aliphatic rings. The Hall–Kier alpha value is -1.54. The second-order valence-corrected chi connectivity index (χ2v) is 3.47. The second-order valence-electron chi connectivity index (χ2n) is 3.47. The maximum atomic E-state index is 10.3. The van der Waals surface area contributed by atoms with E-state index in [-0.39, 0.29) is 6.61 Å². The van der Waals surface area contributed by atoms with E-state index in [0.717, 1.165) is 0 Å². The van der Waals surface area contributed by atoms with Gasteiger partial charge in [0, 0.05) is 0 Å². The summed E-state index contributed by atoms with van der Waals surface area (Å²) in [5.41, 5.74) is 4.11. The smallest absolute Gasteiger partial charge is 0.450 e. The standard InChI is InChI=1S/C7H9NO7/c8-7(15-6(11)12)1-13-3-2(7)4(3)14-5(9)10/h2-4H,1,8H2,(H,9,10)(H,11,12). The Bertz CT molecular complexity index is 318. The summed E-state index contributed by atoms with van der Waals surface area (Å²) in [4.78, 5) is 20.6. The molecule has 1 aliphatic heterocycles. The Morgan fingerprint density at radius 3 is 2.60 bits per heavy atom. The minimum Gasteiger partial charge on any atom is -0.450 e. The van der Waals surface area contributed by atoms with Crippen molar-refractivity contribution in [3.63, 3.8) is 0 Å². The average Bonchev–Trinajstić information content (AvgIpc) is 2.61. The molecule has 4 N–H and O–H groups in total. The first kappa shape index (κ1) is 9.99. The lowest BCUT2D eigenvalue weighted by atomic mass is 10.1. The molecule has 15 heavy (non-hydrogen) atoms. The molecule has 1 heterocycles. The first-order valence-corrected chi connectivity index (χ1v) is 4.16. The number of fused-ring (bicyclic) bond motifs is 1. The highest BCUT2D eigenvalue weighted by molar-refractivity contribution is 5.59. The first-order valence-electron chi connectivity index (χ1n) is 4.16. The number of carbonyl (C=O) groups is 2. The number of hydrogen-bond donors (Lipinski definition) is 3. The Morgan fingerprint density at radius 2 is 2.07 bits per heavy atom. The molecule has 0 amide bonds. The number of rotatable bonds is 2. The maximum Gasteiger partial charge on any atom is 0.507 e. The van der Waals surface area contributed by atoms with Crippen molar-refractivity contribution in [2.75, 3.05) is 6.61 Å². The van der Waals surface area contributed by atoms with Gasteiger partial charge in [-0.25, -0.2) is 9.59 Å². The van der Waals surface area contributed by atoms with Gasteiger partial charge >= 0.3 is 12.3 Å². The molecule has 8 heteroatoms. The third-order valence-corrected chi connectivity index (χ3v) is 2.47. The third kappa shape index (κ3) is 1.57. The Labute approximate surface area is 83.5 Å². The summed E-state index contributed by atoms with van der Waals surface area (Å²) in [6.07, 6.45) is -4.20. The SMILES string of the molecule is NC1(OC(=O)O)COC2C(OC(=O)O)C21. The van der Waals surface area contributed by atoms with Gasteiger partial charge in [0.25, 0.3) is 0 Å². The molecule has 0 aromatic heterocycles. The van der Waals surface area contributed by atoms with Crippen LogP contribution in [0.3, 0.4) is 0 Å². The van der Waals surface area contributed by atoms with Crippen molar-refractivity contribution in [3.05, 3.63) is 0 Å². The zero-order chi connectivity index (χ0) is 11.2. The zero-order valence-electron chi connectivity index (χ0n) is 7.45. The minimum atomic E-state index is -1.53. The Balaban J connectivity index is 2.00. The van der Waals surface area contributed by atoms with Crippen LogP contribution in [0.4, 0.5) is 9.59 Å². The van der Waals surface area contributed by atoms with Crippen LogP contribution < -0.4 is 5.73 Å². The van der Waals surface area contributed by atoms with E-state index in [1.165, 1.54) is 0 Å². The molecule has 0 aromatic rings. The van der Waals surface area contributed by atoms with Crippen molar-refractivity contribution in [2.24, 2.45) is 11.7 Å². The van der Waals surface area contributed by atoms with Crippen LogP contribution in [0.15, 0.2) is 0 Å². The van der Waals surface area contributed by atoms with Crippen molar-refractivity contribution < 1.29 is 34.0 Å². The van der Waals surface area contributed by atoms with Gasteiger partial charge in [-0.15, -0.1) is 0 Å². The predicted molar refractivity (Wildman–Crippen MR) is 42.2 cm³/mol. The maximum absolute atomic E-state index is 10.3. The van der Waals surface area contributed by atoms with E-state index in [9.17, 15) is 9.59 Å². The highest BCUT2D eigenvalue weighted by Gasteiger charge is 2.71. The van der Waals surface area contributed by atoms with Crippen LogP contribution in [0.2, 0.25) is 0 Å². The van der Waals surface area contributed by atoms with Gasteiger partial charge in [-0.05, 0) is 0 Å². The van der Waals surface area contributed by atoms with Crippen LogP contribution in [-0.2, 0) is 14.2 Å². The number of carboxylic acid groups (broad SMARTS) is 2. The van der Waals surface area contributed by atoms with Crippen LogP contribution in [0.5, 0.6) is 0 Å². The summed E-state index contributed by atoms with van der Waals surface area (Å²) in [6.45, 7) is -0.0892. The monoisotopic (exact) mass is 219 g/mol. The molecule has 84 valence electrons. The number of nitrogens with two attached hydrogens (primary N) is 1. The molecular weight excluding hydrogens is 210 g/mol. The molecular formula is C7H9NO7. The van der Waals surface area contributed by atoms with E-state index in [4.69, 9.17) is 20.7 Å². The van der Waals surface area contributed by atoms with E-state index < -0.39 is 36.2 Å². The Kier molecular flexibility index (Phi) is 1.98. The molecule has 1 saturated heterocycles. The largest absolute Gasteiger partial charge is 0.507 e. The Morgan fingerprint density at radius 1 is 1.40 bits per heavy atom. The van der Waals surface area contributed by atoms with Crippen LogP contribution >= 0.6 is 0 Å². The second kappa shape index (κ2) is 2.97. The summed E-state index contributed by atoms with van der Waals surface area (Å²) in [5.74, 6) is -0.551. The van der Waals surface area contributed by atoms with E-state index in [0.29, 0.717) is 0 Å². The quantitative estimate of drug-likeness (QED) is 0.416. The van der Waals surface area contributed by atoms with E-state index in [2.05, 4.69) is 9.47 Å². The van der Waals surface area contributed by atoms with Crippen LogP contribution in [0.25, 0.3) is 0 Å². The fraction of sp³-hybridized carbons (Fsp3) is 0.714. The summed E-state index contributed by atoms with van der Waals surface area (Å²) in [7, 11) is 0. The van der Waals surface area contributed by atoms with Crippen LogP contribution in [0.1, 0.15) is 0 Å². The lowest BCUT2D eigenvalue weighted by molar-refractivity contribution is -0.0663. The molecule has 0 bridgehead atoms. The van der Waals surface area contributed by atoms with Gasteiger partial charge in [0.05, 0.1) is 5.92 Å². The summed E-state index contributed by atoms with van der Waals surface area (Å²) < 4.78 is 14.0. The molecule has 1 aliphatic carbocycles. The molecule has 1 saturated carbocycles. The molecule has 4 unspecified atom stereocenters. The van der Waals surface area contributed by atoms with E-state index in [1.54, 1.807) is 0 Å². The highest BCUT2D eigenvalue weighted by Crippen LogP contribution is 2.50. The zero-order valence-corrected chi connectivity index (χ0v) is 7.45. The van der Waals surface area contributed by atoms with Crippen LogP contribution in [0, 0.1) is 5.92 Å².